The fourth-order valence-electron chi connectivity index (χ4n) is 2.53. The van der Waals surface area contributed by atoms with Crippen LogP contribution in [0.25, 0.3) is 0 Å². The van der Waals surface area contributed by atoms with E-state index in [9.17, 15) is 4.79 Å². The molecule has 0 radical (unpaired) electrons. The molecule has 3 rings (SSSR count). The molecule has 0 fully saturated rings. The number of fused-ring (bicyclic) bond motifs is 1. The van der Waals surface area contributed by atoms with E-state index in [1.165, 1.54) is 5.56 Å². The highest BCUT2D eigenvalue weighted by Crippen LogP contribution is 2.28. The Hall–Kier alpha value is -2.13. The Morgan fingerprint density at radius 1 is 1.10 bits per heavy atom. The van der Waals surface area contributed by atoms with E-state index in [0.717, 1.165) is 23.2 Å². The molecular weight excluding hydrogens is 250 g/mol. The molecule has 20 heavy (non-hydrogen) atoms. The molecule has 2 aromatic carbocycles. The number of hydrogen-bond donors (Lipinski definition) is 0. The summed E-state index contributed by atoms with van der Waals surface area (Å²) in [5.41, 5.74) is 4.09. The van der Waals surface area contributed by atoms with Crippen LogP contribution in [0.15, 0.2) is 48.5 Å². The Morgan fingerprint density at radius 2 is 1.85 bits per heavy atom. The monoisotopic (exact) mass is 267 g/mol. The van der Waals surface area contributed by atoms with Gasteiger partial charge >= 0.3 is 0 Å². The number of nitrogens with zero attached hydrogens (tertiary/aromatic N) is 1. The molecule has 3 nitrogen and oxygen atoms in total. The van der Waals surface area contributed by atoms with Crippen molar-refractivity contribution in [1.29, 1.82) is 0 Å². The molecule has 0 spiro atoms. The first-order chi connectivity index (χ1) is 9.79. The normalized spacial score (nSPS) is 13.7. The SMILES string of the molecule is COCCc1ccc(N2Cc3ccccc3C2=O)cc1. The lowest BCUT2D eigenvalue weighted by molar-refractivity contribution is 0.0996. The van der Waals surface area contributed by atoms with E-state index in [2.05, 4.69) is 12.1 Å². The largest absolute Gasteiger partial charge is 0.384 e. The van der Waals surface area contributed by atoms with E-state index in [0.29, 0.717) is 13.2 Å². The van der Waals surface area contributed by atoms with Gasteiger partial charge in [0.05, 0.1) is 13.2 Å². The Labute approximate surface area is 118 Å². The first-order valence-corrected chi connectivity index (χ1v) is 6.77. The van der Waals surface area contributed by atoms with Gasteiger partial charge < -0.3 is 9.64 Å². The van der Waals surface area contributed by atoms with Gasteiger partial charge in [0.15, 0.2) is 0 Å². The lowest BCUT2D eigenvalue weighted by atomic mass is 10.1. The number of ether oxygens (including phenoxy) is 1. The number of carbonyl (C=O) groups is 1. The smallest absolute Gasteiger partial charge is 0.258 e. The predicted octanol–water partition coefficient (Wildman–Crippen LogP) is 3.04. The van der Waals surface area contributed by atoms with Crippen LogP contribution in [0.4, 0.5) is 5.69 Å². The molecular formula is C17H17NO2. The van der Waals surface area contributed by atoms with Crippen LogP contribution in [0, 0.1) is 0 Å². The molecule has 0 aliphatic carbocycles. The van der Waals surface area contributed by atoms with Gasteiger partial charge in [0.25, 0.3) is 5.91 Å². The Bertz CT molecular complexity index is 619. The van der Waals surface area contributed by atoms with E-state index >= 15 is 0 Å². The highest BCUT2D eigenvalue weighted by Gasteiger charge is 2.27. The van der Waals surface area contributed by atoms with E-state index < -0.39 is 0 Å². The van der Waals surface area contributed by atoms with Gasteiger partial charge in [0, 0.05) is 18.4 Å². The molecule has 0 N–H and O–H groups in total. The van der Waals surface area contributed by atoms with Crippen LogP contribution in [0.1, 0.15) is 21.5 Å². The maximum atomic E-state index is 12.4. The van der Waals surface area contributed by atoms with Crippen LogP contribution < -0.4 is 4.90 Å². The van der Waals surface area contributed by atoms with E-state index in [1.807, 2.05) is 41.3 Å². The van der Waals surface area contributed by atoms with Crippen molar-refractivity contribution in [2.75, 3.05) is 18.6 Å². The molecule has 2 aromatic rings. The standard InChI is InChI=1S/C17H17NO2/c1-20-11-10-13-6-8-15(9-7-13)18-12-14-4-2-3-5-16(14)17(18)19/h2-9H,10-12H2,1H3. The lowest BCUT2D eigenvalue weighted by Gasteiger charge is -2.16. The minimum Gasteiger partial charge on any atom is -0.384 e. The number of anilines is 1. The second kappa shape index (κ2) is 5.47. The number of carbonyl (C=O) groups excluding carboxylic acids is 1. The molecule has 1 amide bonds. The van der Waals surface area contributed by atoms with Crippen molar-refractivity contribution in [3.63, 3.8) is 0 Å². The zero-order valence-electron chi connectivity index (χ0n) is 11.5. The number of hydrogen-bond acceptors (Lipinski definition) is 2. The third-order valence-corrected chi connectivity index (χ3v) is 3.66. The highest BCUT2D eigenvalue weighted by molar-refractivity contribution is 6.09. The van der Waals surface area contributed by atoms with E-state index in [4.69, 9.17) is 4.74 Å². The van der Waals surface area contributed by atoms with Crippen molar-refractivity contribution in [3.05, 3.63) is 65.2 Å². The minimum atomic E-state index is 0.0882. The van der Waals surface area contributed by atoms with Crippen molar-refractivity contribution in [2.24, 2.45) is 0 Å². The van der Waals surface area contributed by atoms with Gasteiger partial charge in [-0.3, -0.25) is 4.79 Å². The quantitative estimate of drug-likeness (QED) is 0.852. The summed E-state index contributed by atoms with van der Waals surface area (Å²) in [5, 5.41) is 0. The van der Waals surface area contributed by atoms with Crippen LogP contribution in [0.5, 0.6) is 0 Å². The number of benzene rings is 2. The van der Waals surface area contributed by atoms with Gasteiger partial charge in [-0.25, -0.2) is 0 Å². The molecule has 0 atom stereocenters. The van der Waals surface area contributed by atoms with Gasteiger partial charge in [-0.1, -0.05) is 30.3 Å². The summed E-state index contributed by atoms with van der Waals surface area (Å²) in [5.74, 6) is 0.0882. The van der Waals surface area contributed by atoms with Crippen LogP contribution in [0.3, 0.4) is 0 Å². The fourth-order valence-corrected chi connectivity index (χ4v) is 2.53. The maximum absolute atomic E-state index is 12.4. The number of methoxy groups -OCH3 is 1. The van der Waals surface area contributed by atoms with Crippen LogP contribution in [-0.4, -0.2) is 19.6 Å². The van der Waals surface area contributed by atoms with E-state index in [-0.39, 0.29) is 5.91 Å². The molecule has 0 saturated heterocycles. The molecule has 1 aliphatic rings. The second-order valence-corrected chi connectivity index (χ2v) is 4.96. The zero-order chi connectivity index (χ0) is 13.9. The second-order valence-electron chi connectivity index (χ2n) is 4.96. The Kier molecular flexibility index (Phi) is 3.52. The van der Waals surface area contributed by atoms with Crippen LogP contribution >= 0.6 is 0 Å². The number of rotatable bonds is 4. The molecule has 1 heterocycles. The van der Waals surface area contributed by atoms with Gasteiger partial charge in [-0.2, -0.15) is 0 Å². The summed E-state index contributed by atoms with van der Waals surface area (Å²) in [6.07, 6.45) is 0.894. The molecule has 0 bridgehead atoms. The summed E-state index contributed by atoms with van der Waals surface area (Å²) in [7, 11) is 1.70. The Morgan fingerprint density at radius 3 is 2.55 bits per heavy atom. The molecule has 0 unspecified atom stereocenters. The molecule has 3 heteroatoms. The third kappa shape index (κ3) is 2.32. The van der Waals surface area contributed by atoms with Crippen molar-refractivity contribution < 1.29 is 9.53 Å². The molecule has 0 saturated carbocycles. The summed E-state index contributed by atoms with van der Waals surface area (Å²) in [4.78, 5) is 14.2. The summed E-state index contributed by atoms with van der Waals surface area (Å²) in [6, 6.07) is 15.9. The third-order valence-electron chi connectivity index (χ3n) is 3.66. The number of amides is 1. The molecule has 1 aliphatic heterocycles. The summed E-state index contributed by atoms with van der Waals surface area (Å²) in [6.45, 7) is 1.37. The van der Waals surface area contributed by atoms with Crippen molar-refractivity contribution in [2.45, 2.75) is 13.0 Å². The fraction of sp³-hybridized carbons (Fsp3) is 0.235. The van der Waals surface area contributed by atoms with Crippen molar-refractivity contribution in [1.82, 2.24) is 0 Å². The molecule has 0 aromatic heterocycles. The summed E-state index contributed by atoms with van der Waals surface area (Å²) >= 11 is 0. The highest BCUT2D eigenvalue weighted by atomic mass is 16.5. The Balaban J connectivity index is 1.80. The van der Waals surface area contributed by atoms with Crippen LogP contribution in [-0.2, 0) is 17.7 Å². The first kappa shape index (κ1) is 12.9. The predicted molar refractivity (Wildman–Crippen MR) is 79.0 cm³/mol. The van der Waals surface area contributed by atoms with Gasteiger partial charge in [0.2, 0.25) is 0 Å². The zero-order valence-corrected chi connectivity index (χ0v) is 11.5. The average molecular weight is 267 g/mol. The van der Waals surface area contributed by atoms with Gasteiger partial charge in [0.1, 0.15) is 0 Å². The average Bonchev–Trinajstić information content (AvgIpc) is 2.83. The summed E-state index contributed by atoms with van der Waals surface area (Å²) < 4.78 is 5.07. The topological polar surface area (TPSA) is 29.5 Å². The minimum absolute atomic E-state index is 0.0882. The van der Waals surface area contributed by atoms with Crippen molar-refractivity contribution >= 4 is 11.6 Å². The molecule has 102 valence electrons. The first-order valence-electron chi connectivity index (χ1n) is 6.77. The van der Waals surface area contributed by atoms with Crippen molar-refractivity contribution in [3.8, 4) is 0 Å². The lowest BCUT2D eigenvalue weighted by Crippen LogP contribution is -2.22. The van der Waals surface area contributed by atoms with Crippen LogP contribution in [0.2, 0.25) is 0 Å². The van der Waals surface area contributed by atoms with Gasteiger partial charge in [-0.15, -0.1) is 0 Å². The van der Waals surface area contributed by atoms with E-state index in [1.54, 1.807) is 7.11 Å². The maximum Gasteiger partial charge on any atom is 0.258 e. The van der Waals surface area contributed by atoms with Gasteiger partial charge in [-0.05, 0) is 35.7 Å².